The number of halogens is 2. The Bertz CT molecular complexity index is 617. The van der Waals surface area contributed by atoms with E-state index in [1.165, 1.54) is 12.1 Å². The van der Waals surface area contributed by atoms with E-state index in [0.717, 1.165) is 0 Å². The van der Waals surface area contributed by atoms with E-state index in [4.69, 9.17) is 22.1 Å². The summed E-state index contributed by atoms with van der Waals surface area (Å²) in [6.45, 7) is 3.85. The summed E-state index contributed by atoms with van der Waals surface area (Å²) in [4.78, 5) is 0. The maximum Gasteiger partial charge on any atom is 0.144 e. The largest absolute Gasteiger partial charge is 0.489 e. The summed E-state index contributed by atoms with van der Waals surface area (Å²) >= 11 is 5.98. The van der Waals surface area contributed by atoms with Gasteiger partial charge in [-0.3, -0.25) is 0 Å². The Morgan fingerprint density at radius 2 is 1.95 bits per heavy atom. The Balaban J connectivity index is 2.29. The van der Waals surface area contributed by atoms with Crippen LogP contribution in [-0.2, 0) is 0 Å². The van der Waals surface area contributed by atoms with Crippen LogP contribution < -0.4 is 15.8 Å². The Kier molecular flexibility index (Phi) is 4.35. The van der Waals surface area contributed by atoms with Crippen molar-refractivity contribution >= 4 is 28.7 Å². The van der Waals surface area contributed by atoms with Crippen molar-refractivity contribution in [1.29, 1.82) is 0 Å². The topological polar surface area (TPSA) is 47.3 Å². The number of anilines is 3. The van der Waals surface area contributed by atoms with Gasteiger partial charge in [0, 0.05) is 0 Å². The van der Waals surface area contributed by atoms with E-state index in [0.29, 0.717) is 27.8 Å². The van der Waals surface area contributed by atoms with Crippen LogP contribution in [0.5, 0.6) is 5.75 Å². The van der Waals surface area contributed by atoms with Crippen LogP contribution in [0.1, 0.15) is 13.8 Å². The number of nitrogens with one attached hydrogen (secondary N) is 1. The zero-order chi connectivity index (χ0) is 14.7. The molecule has 0 saturated heterocycles. The molecule has 0 radical (unpaired) electrons. The molecule has 0 aromatic heterocycles. The number of hydrogen-bond donors (Lipinski definition) is 2. The van der Waals surface area contributed by atoms with Crippen molar-refractivity contribution in [2.45, 2.75) is 20.0 Å². The van der Waals surface area contributed by atoms with Gasteiger partial charge < -0.3 is 15.8 Å². The second-order valence-electron chi connectivity index (χ2n) is 4.63. The molecule has 0 aliphatic heterocycles. The van der Waals surface area contributed by atoms with Crippen molar-refractivity contribution in [2.24, 2.45) is 0 Å². The van der Waals surface area contributed by atoms with E-state index in [1.807, 2.05) is 26.0 Å². The van der Waals surface area contributed by atoms with Gasteiger partial charge in [-0.25, -0.2) is 4.39 Å². The van der Waals surface area contributed by atoms with Crippen molar-refractivity contribution in [2.75, 3.05) is 11.1 Å². The molecular formula is C15H16ClFN2O. The lowest BCUT2D eigenvalue weighted by Crippen LogP contribution is -2.08. The van der Waals surface area contributed by atoms with Gasteiger partial charge in [-0.15, -0.1) is 0 Å². The predicted octanol–water partition coefficient (Wildman–Crippen LogP) is 4.59. The molecule has 5 heteroatoms. The van der Waals surface area contributed by atoms with Crippen LogP contribution in [0.2, 0.25) is 5.02 Å². The Hall–Kier alpha value is -1.94. The first-order valence-electron chi connectivity index (χ1n) is 6.24. The van der Waals surface area contributed by atoms with E-state index in [-0.39, 0.29) is 11.9 Å². The number of ether oxygens (including phenoxy) is 1. The van der Waals surface area contributed by atoms with E-state index in [1.54, 1.807) is 12.1 Å². The molecule has 0 fully saturated rings. The number of nitrogens with two attached hydrogens (primary N) is 1. The number of hydrogen-bond acceptors (Lipinski definition) is 3. The van der Waals surface area contributed by atoms with Crippen molar-refractivity contribution in [1.82, 2.24) is 0 Å². The highest BCUT2D eigenvalue weighted by Gasteiger charge is 2.09. The van der Waals surface area contributed by atoms with Gasteiger partial charge in [0.1, 0.15) is 11.6 Å². The van der Waals surface area contributed by atoms with Gasteiger partial charge >= 0.3 is 0 Å². The van der Waals surface area contributed by atoms with E-state index in [2.05, 4.69) is 5.32 Å². The zero-order valence-corrected chi connectivity index (χ0v) is 12.0. The molecule has 0 atom stereocenters. The minimum atomic E-state index is -0.384. The maximum absolute atomic E-state index is 13.0. The Morgan fingerprint density at radius 3 is 2.60 bits per heavy atom. The molecule has 20 heavy (non-hydrogen) atoms. The van der Waals surface area contributed by atoms with Crippen LogP contribution in [0.4, 0.5) is 21.5 Å². The van der Waals surface area contributed by atoms with Crippen LogP contribution in [0, 0.1) is 5.82 Å². The summed E-state index contributed by atoms with van der Waals surface area (Å²) in [7, 11) is 0. The molecule has 2 rings (SSSR count). The molecular weight excluding hydrogens is 279 g/mol. The lowest BCUT2D eigenvalue weighted by atomic mass is 10.2. The van der Waals surface area contributed by atoms with Crippen LogP contribution >= 0.6 is 11.6 Å². The molecule has 0 amide bonds. The lowest BCUT2D eigenvalue weighted by Gasteiger charge is -2.16. The third-order valence-electron chi connectivity index (χ3n) is 2.63. The van der Waals surface area contributed by atoms with Gasteiger partial charge in [0.25, 0.3) is 0 Å². The van der Waals surface area contributed by atoms with E-state index >= 15 is 0 Å². The average Bonchev–Trinajstić information content (AvgIpc) is 2.36. The summed E-state index contributed by atoms with van der Waals surface area (Å²) in [6.07, 6.45) is 0.0296. The monoisotopic (exact) mass is 294 g/mol. The van der Waals surface area contributed by atoms with Crippen molar-refractivity contribution in [3.05, 3.63) is 47.2 Å². The highest BCUT2D eigenvalue weighted by Crippen LogP contribution is 2.34. The van der Waals surface area contributed by atoms with Gasteiger partial charge in [0.15, 0.2) is 0 Å². The highest BCUT2D eigenvalue weighted by molar-refractivity contribution is 6.33. The Labute approximate surface area is 122 Å². The molecule has 2 aromatic rings. The summed E-state index contributed by atoms with van der Waals surface area (Å²) in [5, 5.41) is 3.37. The molecule has 106 valence electrons. The predicted molar refractivity (Wildman–Crippen MR) is 81.3 cm³/mol. The van der Waals surface area contributed by atoms with Gasteiger partial charge in [0.05, 0.1) is 28.2 Å². The van der Waals surface area contributed by atoms with Gasteiger partial charge in [0.2, 0.25) is 0 Å². The Morgan fingerprint density at radius 1 is 1.20 bits per heavy atom. The molecule has 0 saturated carbocycles. The second-order valence-corrected chi connectivity index (χ2v) is 5.04. The number of para-hydroxylation sites is 1. The van der Waals surface area contributed by atoms with Crippen LogP contribution in [-0.4, -0.2) is 6.10 Å². The van der Waals surface area contributed by atoms with E-state index < -0.39 is 0 Å². The molecule has 3 N–H and O–H groups in total. The highest BCUT2D eigenvalue weighted by atomic mass is 35.5. The van der Waals surface area contributed by atoms with Crippen LogP contribution in [0.3, 0.4) is 0 Å². The molecule has 0 spiro atoms. The fourth-order valence-electron chi connectivity index (χ4n) is 1.75. The summed E-state index contributed by atoms with van der Waals surface area (Å²) in [6, 6.07) is 9.57. The maximum atomic E-state index is 13.0. The molecule has 0 aliphatic rings. The average molecular weight is 295 g/mol. The second kappa shape index (κ2) is 6.01. The van der Waals surface area contributed by atoms with Crippen LogP contribution in [0.25, 0.3) is 0 Å². The van der Waals surface area contributed by atoms with Crippen molar-refractivity contribution in [3.8, 4) is 5.75 Å². The standard InChI is InChI=1S/C15H16ClFN2O/c1-9(2)20-14-5-3-4-13(15(14)18)19-12-7-6-10(17)8-11(12)16/h3-9,19H,18H2,1-2H3. The van der Waals surface area contributed by atoms with Gasteiger partial charge in [-0.1, -0.05) is 17.7 Å². The molecule has 0 aliphatic carbocycles. The fourth-order valence-corrected chi connectivity index (χ4v) is 1.96. The molecule has 0 heterocycles. The first kappa shape index (κ1) is 14.5. The first-order chi connectivity index (χ1) is 9.47. The van der Waals surface area contributed by atoms with Crippen LogP contribution in [0.15, 0.2) is 36.4 Å². The minimum absolute atomic E-state index is 0.0296. The third kappa shape index (κ3) is 3.33. The van der Waals surface area contributed by atoms with Crippen molar-refractivity contribution in [3.63, 3.8) is 0 Å². The van der Waals surface area contributed by atoms with Gasteiger partial charge in [-0.2, -0.15) is 0 Å². The lowest BCUT2D eigenvalue weighted by molar-refractivity contribution is 0.244. The summed E-state index contributed by atoms with van der Waals surface area (Å²) < 4.78 is 18.6. The van der Waals surface area contributed by atoms with Crippen molar-refractivity contribution < 1.29 is 9.13 Å². The number of nitrogen functional groups attached to an aromatic ring is 1. The van der Waals surface area contributed by atoms with E-state index in [9.17, 15) is 4.39 Å². The quantitative estimate of drug-likeness (QED) is 0.811. The van der Waals surface area contributed by atoms with Gasteiger partial charge in [-0.05, 0) is 44.2 Å². The number of benzene rings is 2. The molecule has 2 aromatic carbocycles. The first-order valence-corrected chi connectivity index (χ1v) is 6.62. The minimum Gasteiger partial charge on any atom is -0.489 e. The smallest absolute Gasteiger partial charge is 0.144 e. The third-order valence-corrected chi connectivity index (χ3v) is 2.94. The molecule has 3 nitrogen and oxygen atoms in total. The molecule has 0 bridgehead atoms. The molecule has 0 unspecified atom stereocenters. The summed E-state index contributed by atoms with van der Waals surface area (Å²) in [5.41, 5.74) is 7.79. The normalized spacial score (nSPS) is 10.7. The fraction of sp³-hybridized carbons (Fsp3) is 0.200. The number of rotatable bonds is 4. The zero-order valence-electron chi connectivity index (χ0n) is 11.3. The SMILES string of the molecule is CC(C)Oc1cccc(Nc2ccc(F)cc2Cl)c1N. The summed E-state index contributed by atoms with van der Waals surface area (Å²) in [5.74, 6) is 0.216.